The van der Waals surface area contributed by atoms with Crippen LogP contribution in [0.3, 0.4) is 0 Å². The molecular weight excluding hydrogens is 528 g/mol. The molecule has 6 aromatic rings. The number of methoxy groups -OCH3 is 2. The van der Waals surface area contributed by atoms with Crippen LogP contribution in [0.5, 0.6) is 0 Å². The maximum Gasteiger partial charge on any atom is 0.201 e. The van der Waals surface area contributed by atoms with E-state index in [9.17, 15) is 0 Å². The van der Waals surface area contributed by atoms with Crippen molar-refractivity contribution in [2.75, 3.05) is 14.2 Å². The normalized spacial score (nSPS) is 11.5. The summed E-state index contributed by atoms with van der Waals surface area (Å²) in [6, 6.07) is 22.6. The van der Waals surface area contributed by atoms with E-state index in [-0.39, 0.29) is 0 Å². The number of benzene rings is 2. The van der Waals surface area contributed by atoms with Crippen molar-refractivity contribution in [3.05, 3.63) is 96.2 Å². The molecule has 0 aliphatic heterocycles. The van der Waals surface area contributed by atoms with Crippen LogP contribution in [0.1, 0.15) is 43.1 Å². The van der Waals surface area contributed by atoms with Gasteiger partial charge in [-0.15, -0.1) is 5.10 Å². The predicted molar refractivity (Wildman–Crippen MR) is 160 cm³/mol. The summed E-state index contributed by atoms with van der Waals surface area (Å²) in [4.78, 5) is 14.5. The Labute approximate surface area is 243 Å². The van der Waals surface area contributed by atoms with Crippen molar-refractivity contribution >= 4 is 11.2 Å². The lowest BCUT2D eigenvalue weighted by Gasteiger charge is -2.18. The molecule has 212 valence electrons. The number of aromatic nitrogens is 8. The molecule has 1 N–H and O–H groups in total. The maximum atomic E-state index is 5.68. The van der Waals surface area contributed by atoms with Gasteiger partial charge in [0.1, 0.15) is 17.0 Å². The fourth-order valence-electron chi connectivity index (χ4n) is 5.26. The third-order valence-corrected chi connectivity index (χ3v) is 7.32. The molecule has 42 heavy (non-hydrogen) atoms. The predicted octanol–water partition coefficient (Wildman–Crippen LogP) is 6.02. The van der Waals surface area contributed by atoms with Crippen molar-refractivity contribution in [2.45, 2.75) is 39.0 Å². The first-order valence-electron chi connectivity index (χ1n) is 14.0. The van der Waals surface area contributed by atoms with Gasteiger partial charge >= 0.3 is 0 Å². The van der Waals surface area contributed by atoms with E-state index in [4.69, 9.17) is 19.4 Å². The first-order chi connectivity index (χ1) is 20.7. The number of nitrogens with one attached hydrogen (secondary N) is 1. The van der Waals surface area contributed by atoms with Crippen molar-refractivity contribution in [3.63, 3.8) is 0 Å². The van der Waals surface area contributed by atoms with Crippen molar-refractivity contribution in [1.82, 2.24) is 40.1 Å². The molecule has 0 aliphatic carbocycles. The molecule has 0 unspecified atom stereocenters. The molecule has 6 rings (SSSR count). The highest BCUT2D eigenvalue weighted by atomic mass is 16.7. The highest BCUT2D eigenvalue weighted by Gasteiger charge is 2.23. The molecule has 0 saturated carbocycles. The Bertz CT molecular complexity index is 1770. The average Bonchev–Trinajstić information content (AvgIpc) is 3.70. The number of pyridine rings is 2. The Balaban J connectivity index is 1.50. The van der Waals surface area contributed by atoms with Crippen LogP contribution < -0.4 is 0 Å². The number of H-pyrrole nitrogens is 1. The summed E-state index contributed by atoms with van der Waals surface area (Å²) in [6.07, 6.45) is 5.84. The lowest BCUT2D eigenvalue weighted by atomic mass is 9.97. The van der Waals surface area contributed by atoms with Crippen LogP contribution in [0.25, 0.3) is 44.8 Å². The van der Waals surface area contributed by atoms with E-state index in [1.165, 1.54) is 0 Å². The second-order valence-electron chi connectivity index (χ2n) is 10.0. The summed E-state index contributed by atoms with van der Waals surface area (Å²) in [6.45, 7) is 2.76. The van der Waals surface area contributed by atoms with Gasteiger partial charge in [-0.2, -0.15) is 0 Å². The standard InChI is InChI=1S/C32H32N8O2/c1-4-5-13-28-34-27-18-25(23-12-9-16-33-19-23)29(32(41-2)42-3)35-31(27)40(28)20-21-14-15-24(22-10-7-6-8-11-22)26(17-21)30-36-38-39-37-30/h6-12,14-19,32H,4-5,13,20H2,1-3H3,(H,36,37,38,39). The first kappa shape index (κ1) is 27.4. The topological polar surface area (TPSA) is 117 Å². The zero-order valence-corrected chi connectivity index (χ0v) is 23.9. The Morgan fingerprint density at radius 3 is 2.43 bits per heavy atom. The molecule has 0 bridgehead atoms. The quantitative estimate of drug-likeness (QED) is 0.191. The molecule has 0 atom stereocenters. The van der Waals surface area contributed by atoms with Crippen molar-refractivity contribution in [1.29, 1.82) is 0 Å². The van der Waals surface area contributed by atoms with Crippen LogP contribution in [0.15, 0.2) is 79.1 Å². The molecular formula is C32H32N8O2. The average molecular weight is 561 g/mol. The van der Waals surface area contributed by atoms with Crippen LogP contribution in [0.2, 0.25) is 0 Å². The smallest absolute Gasteiger partial charge is 0.201 e. The van der Waals surface area contributed by atoms with Crippen LogP contribution >= 0.6 is 0 Å². The molecule has 4 heterocycles. The second-order valence-corrected chi connectivity index (χ2v) is 10.0. The Kier molecular flexibility index (Phi) is 8.07. The van der Waals surface area contributed by atoms with Gasteiger partial charge in [-0.3, -0.25) is 4.98 Å². The molecule has 0 spiro atoms. The number of aryl methyl sites for hydroxylation is 1. The van der Waals surface area contributed by atoms with Gasteiger partial charge in [0.15, 0.2) is 11.5 Å². The monoisotopic (exact) mass is 560 g/mol. The first-order valence-corrected chi connectivity index (χ1v) is 14.0. The number of rotatable bonds is 11. The van der Waals surface area contributed by atoms with Gasteiger partial charge in [-0.05, 0) is 51.7 Å². The van der Waals surface area contributed by atoms with Crippen LogP contribution in [-0.2, 0) is 22.4 Å². The molecule has 0 amide bonds. The van der Waals surface area contributed by atoms with Gasteiger partial charge in [0.2, 0.25) is 6.29 Å². The second kappa shape index (κ2) is 12.4. The third-order valence-electron chi connectivity index (χ3n) is 7.32. The SMILES string of the molecule is CCCCc1nc2cc(-c3cccnc3)c(C(OC)OC)nc2n1Cc1ccc(-c2ccccc2)c(-c2nnn[nH]2)c1. The van der Waals surface area contributed by atoms with Crippen LogP contribution in [0, 0.1) is 0 Å². The van der Waals surface area contributed by atoms with E-state index < -0.39 is 6.29 Å². The van der Waals surface area contributed by atoms with Crippen molar-refractivity contribution in [3.8, 4) is 33.6 Å². The van der Waals surface area contributed by atoms with E-state index in [0.717, 1.165) is 69.6 Å². The summed E-state index contributed by atoms with van der Waals surface area (Å²) in [5.41, 5.74) is 8.21. The molecule has 0 radical (unpaired) electrons. The van der Waals surface area contributed by atoms with E-state index in [1.54, 1.807) is 20.4 Å². The number of unbranched alkanes of at least 4 members (excludes halogenated alkanes) is 1. The summed E-state index contributed by atoms with van der Waals surface area (Å²) in [5, 5.41) is 14.8. The number of imidazole rings is 1. The van der Waals surface area contributed by atoms with Gasteiger partial charge in [0.05, 0.1) is 6.54 Å². The summed E-state index contributed by atoms with van der Waals surface area (Å²) < 4.78 is 13.6. The molecule has 2 aromatic carbocycles. The molecule has 4 aromatic heterocycles. The molecule has 10 nitrogen and oxygen atoms in total. The van der Waals surface area contributed by atoms with Gasteiger partial charge in [-0.1, -0.05) is 61.9 Å². The summed E-state index contributed by atoms with van der Waals surface area (Å²) in [7, 11) is 3.23. The minimum absolute atomic E-state index is 0.572. The number of hydrogen-bond donors (Lipinski definition) is 1. The van der Waals surface area contributed by atoms with Crippen molar-refractivity contribution < 1.29 is 9.47 Å². The van der Waals surface area contributed by atoms with Gasteiger partial charge in [0.25, 0.3) is 0 Å². The van der Waals surface area contributed by atoms with E-state index in [2.05, 4.69) is 73.5 Å². The molecule has 0 aliphatic rings. The van der Waals surface area contributed by atoms with Gasteiger partial charge in [0, 0.05) is 49.7 Å². The van der Waals surface area contributed by atoms with Gasteiger partial charge < -0.3 is 14.0 Å². The summed E-state index contributed by atoms with van der Waals surface area (Å²) >= 11 is 0. The van der Waals surface area contributed by atoms with Crippen LogP contribution in [0.4, 0.5) is 0 Å². The van der Waals surface area contributed by atoms with Crippen molar-refractivity contribution in [2.24, 2.45) is 0 Å². The summed E-state index contributed by atoms with van der Waals surface area (Å²) in [5.74, 6) is 1.59. The minimum Gasteiger partial charge on any atom is -0.350 e. The third kappa shape index (κ3) is 5.41. The number of hydrogen-bond acceptors (Lipinski definition) is 8. The highest BCUT2D eigenvalue weighted by Crippen LogP contribution is 2.34. The Morgan fingerprint density at radius 1 is 0.881 bits per heavy atom. The number of ether oxygens (including phenoxy) is 2. The largest absolute Gasteiger partial charge is 0.350 e. The fourth-order valence-corrected chi connectivity index (χ4v) is 5.26. The van der Waals surface area contributed by atoms with E-state index >= 15 is 0 Å². The fraction of sp³-hybridized carbons (Fsp3) is 0.250. The zero-order valence-electron chi connectivity index (χ0n) is 23.9. The van der Waals surface area contributed by atoms with E-state index in [0.29, 0.717) is 18.1 Å². The Morgan fingerprint density at radius 2 is 1.71 bits per heavy atom. The number of tetrazole rings is 1. The lowest BCUT2D eigenvalue weighted by Crippen LogP contribution is -2.11. The molecule has 0 fully saturated rings. The lowest BCUT2D eigenvalue weighted by molar-refractivity contribution is -0.108. The Hall–Kier alpha value is -4.80. The maximum absolute atomic E-state index is 5.68. The van der Waals surface area contributed by atoms with E-state index in [1.807, 2.05) is 36.5 Å². The zero-order chi connectivity index (χ0) is 28.9. The minimum atomic E-state index is -0.650. The number of nitrogens with zero attached hydrogens (tertiary/aromatic N) is 7. The molecule has 0 saturated heterocycles. The van der Waals surface area contributed by atoms with Gasteiger partial charge in [-0.25, -0.2) is 15.1 Å². The number of aromatic amines is 1. The number of fused-ring (bicyclic) bond motifs is 1. The molecule has 10 heteroatoms. The van der Waals surface area contributed by atoms with Crippen LogP contribution in [-0.4, -0.2) is 54.4 Å². The highest BCUT2D eigenvalue weighted by molar-refractivity contribution is 5.82.